The van der Waals surface area contributed by atoms with Crippen molar-refractivity contribution in [1.82, 2.24) is 14.9 Å². The van der Waals surface area contributed by atoms with E-state index >= 15 is 0 Å². The van der Waals surface area contributed by atoms with Crippen molar-refractivity contribution in [2.45, 2.75) is 62.9 Å². The van der Waals surface area contributed by atoms with Crippen molar-refractivity contribution in [3.63, 3.8) is 0 Å². The summed E-state index contributed by atoms with van der Waals surface area (Å²) in [5.41, 5.74) is 2.78. The number of benzene rings is 3. The summed E-state index contributed by atoms with van der Waals surface area (Å²) < 4.78 is 0. The molecular formula is C36H43Cl2N3O3. The van der Waals surface area contributed by atoms with Crippen LogP contribution in [-0.4, -0.2) is 72.4 Å². The lowest BCUT2D eigenvalue weighted by atomic mass is 9.72. The van der Waals surface area contributed by atoms with E-state index in [1.807, 2.05) is 55.5 Å². The minimum absolute atomic E-state index is 0.0350. The van der Waals surface area contributed by atoms with Crippen molar-refractivity contribution < 1.29 is 14.4 Å². The first-order chi connectivity index (χ1) is 21.4. The topological polar surface area (TPSA) is 53.1 Å². The minimum Gasteiger partial charge on any atom is -0.296 e. The Morgan fingerprint density at radius 2 is 1.55 bits per heavy atom. The number of nitrogens with zero attached hydrogens (tertiary/aromatic N) is 3. The van der Waals surface area contributed by atoms with Gasteiger partial charge < -0.3 is 0 Å². The fourth-order valence-electron chi connectivity index (χ4n) is 7.04. The number of likely N-dealkylation sites (tertiary alicyclic amines) is 2. The molecule has 3 aromatic rings. The molecule has 0 spiro atoms. The van der Waals surface area contributed by atoms with E-state index in [2.05, 4.69) is 40.1 Å². The van der Waals surface area contributed by atoms with Crippen molar-refractivity contribution in [3.05, 3.63) is 106 Å². The zero-order valence-electron chi connectivity index (χ0n) is 25.5. The average molecular weight is 637 g/mol. The Labute approximate surface area is 271 Å². The van der Waals surface area contributed by atoms with Crippen LogP contribution in [0.2, 0.25) is 10.0 Å². The molecule has 3 aromatic carbocycles. The van der Waals surface area contributed by atoms with E-state index < -0.39 is 0 Å². The predicted octanol–water partition coefficient (Wildman–Crippen LogP) is 7.61. The zero-order chi connectivity index (χ0) is 30.9. The number of piperidine rings is 2. The monoisotopic (exact) mass is 635 g/mol. The lowest BCUT2D eigenvalue weighted by molar-refractivity contribution is -0.177. The second kappa shape index (κ2) is 15.5. The third-order valence-corrected chi connectivity index (χ3v) is 10.2. The zero-order valence-corrected chi connectivity index (χ0v) is 27.1. The maximum atomic E-state index is 14.2. The molecule has 2 atom stereocenters. The van der Waals surface area contributed by atoms with Crippen LogP contribution in [0, 0.1) is 0 Å². The van der Waals surface area contributed by atoms with Gasteiger partial charge in [0.25, 0.3) is 0 Å². The van der Waals surface area contributed by atoms with E-state index in [4.69, 9.17) is 28.0 Å². The summed E-state index contributed by atoms with van der Waals surface area (Å²) in [4.78, 5) is 36.7. The molecule has 0 saturated carbocycles. The van der Waals surface area contributed by atoms with E-state index in [-0.39, 0.29) is 23.3 Å². The molecular weight excluding hydrogens is 593 g/mol. The first kappa shape index (κ1) is 32.6. The summed E-state index contributed by atoms with van der Waals surface area (Å²) in [6.07, 6.45) is 6.53. The highest BCUT2D eigenvalue weighted by Crippen LogP contribution is 2.41. The Morgan fingerprint density at radius 1 is 0.886 bits per heavy atom. The van der Waals surface area contributed by atoms with Crippen molar-refractivity contribution in [2.24, 2.45) is 0 Å². The Kier molecular flexibility index (Phi) is 11.5. The molecule has 44 heavy (non-hydrogen) atoms. The molecule has 0 aliphatic carbocycles. The molecule has 234 valence electrons. The van der Waals surface area contributed by atoms with Gasteiger partial charge in [0.1, 0.15) is 0 Å². The maximum Gasteiger partial charge on any atom is 0.233 e. The number of hydrogen-bond donors (Lipinski definition) is 0. The van der Waals surface area contributed by atoms with E-state index in [0.717, 1.165) is 69.4 Å². The average Bonchev–Trinajstić information content (AvgIpc) is 3.08. The molecule has 2 unspecified atom stereocenters. The van der Waals surface area contributed by atoms with Crippen LogP contribution in [-0.2, 0) is 15.0 Å². The maximum absolute atomic E-state index is 14.2. The molecule has 2 heterocycles. The summed E-state index contributed by atoms with van der Waals surface area (Å²) >= 11 is 13.0. The normalized spacial score (nSPS) is 18.8. The number of ketones is 1. The summed E-state index contributed by atoms with van der Waals surface area (Å²) in [7, 11) is 0. The lowest BCUT2D eigenvalue weighted by Crippen LogP contribution is -2.51. The first-order valence-corrected chi connectivity index (χ1v) is 16.6. The van der Waals surface area contributed by atoms with Gasteiger partial charge in [0.15, 0.2) is 5.78 Å². The SMILES string of the molecule is CCON(C=O)CC1(c2ccccc2)CCN(C(CC(C(=O)c2ccccc2)N2CCCCC2)c2ccc(Cl)c(Cl)c2)CC1. The second-order valence-corrected chi connectivity index (χ2v) is 12.9. The number of amides is 1. The van der Waals surface area contributed by atoms with Crippen LogP contribution in [0.5, 0.6) is 0 Å². The second-order valence-electron chi connectivity index (χ2n) is 12.0. The molecule has 8 heteroatoms. The number of carbonyl (C=O) groups excluding carboxylic acids is 2. The molecule has 2 fully saturated rings. The van der Waals surface area contributed by atoms with Crippen LogP contribution in [0.3, 0.4) is 0 Å². The van der Waals surface area contributed by atoms with Crippen LogP contribution < -0.4 is 0 Å². The van der Waals surface area contributed by atoms with E-state index in [1.54, 1.807) is 0 Å². The molecule has 0 radical (unpaired) electrons. The Bertz CT molecular complexity index is 1360. The number of hydroxylamine groups is 2. The summed E-state index contributed by atoms with van der Waals surface area (Å²) in [5.74, 6) is 0.173. The van der Waals surface area contributed by atoms with Crippen LogP contribution in [0.1, 0.15) is 73.0 Å². The molecule has 2 aliphatic rings. The molecule has 2 saturated heterocycles. The molecule has 2 aliphatic heterocycles. The highest BCUT2D eigenvalue weighted by atomic mass is 35.5. The number of halogens is 2. The van der Waals surface area contributed by atoms with Crippen molar-refractivity contribution in [1.29, 1.82) is 0 Å². The number of rotatable bonds is 13. The van der Waals surface area contributed by atoms with Gasteiger partial charge >= 0.3 is 0 Å². The van der Waals surface area contributed by atoms with Gasteiger partial charge in [-0.2, -0.15) is 0 Å². The number of carbonyl (C=O) groups is 2. The molecule has 0 N–H and O–H groups in total. The van der Waals surface area contributed by atoms with Gasteiger partial charge in [-0.15, -0.1) is 0 Å². The van der Waals surface area contributed by atoms with Crippen molar-refractivity contribution in [2.75, 3.05) is 39.3 Å². The van der Waals surface area contributed by atoms with Gasteiger partial charge in [0.2, 0.25) is 6.41 Å². The fraction of sp³-hybridized carbons (Fsp3) is 0.444. The van der Waals surface area contributed by atoms with Crippen LogP contribution in [0.4, 0.5) is 0 Å². The van der Waals surface area contributed by atoms with Gasteiger partial charge in [0, 0.05) is 17.0 Å². The largest absolute Gasteiger partial charge is 0.296 e. The molecule has 0 aromatic heterocycles. The third-order valence-electron chi connectivity index (χ3n) is 9.42. The summed E-state index contributed by atoms with van der Waals surface area (Å²) in [5, 5.41) is 2.49. The minimum atomic E-state index is -0.249. The van der Waals surface area contributed by atoms with E-state index in [1.165, 1.54) is 17.0 Å². The summed E-state index contributed by atoms with van der Waals surface area (Å²) in [6, 6.07) is 25.8. The Balaban J connectivity index is 1.47. The molecule has 5 rings (SSSR count). The van der Waals surface area contributed by atoms with Crippen molar-refractivity contribution in [3.8, 4) is 0 Å². The predicted molar refractivity (Wildman–Crippen MR) is 177 cm³/mol. The smallest absolute Gasteiger partial charge is 0.233 e. The van der Waals surface area contributed by atoms with Gasteiger partial charge in [0.05, 0.1) is 29.2 Å². The first-order valence-electron chi connectivity index (χ1n) is 15.9. The standard InChI is InChI=1S/C36H43Cl2N3O3/c1-2-44-41(27-42)26-36(30-14-8-4-9-15-30)18-22-40(23-19-36)33(29-16-17-31(37)32(38)24-29)25-34(39-20-10-5-11-21-39)35(43)28-12-6-3-7-13-28/h3-4,6-9,12-17,24,27,33-34H,2,5,10-11,18-23,25-26H2,1H3. The van der Waals surface area contributed by atoms with Gasteiger partial charge in [-0.05, 0) is 88.5 Å². The lowest BCUT2D eigenvalue weighted by Gasteiger charge is -2.47. The fourth-order valence-corrected chi connectivity index (χ4v) is 7.35. The summed E-state index contributed by atoms with van der Waals surface area (Å²) in [6.45, 7) is 6.26. The quantitative estimate of drug-likeness (QED) is 0.110. The highest BCUT2D eigenvalue weighted by Gasteiger charge is 2.41. The Hall–Kier alpha value is -2.74. The van der Waals surface area contributed by atoms with E-state index in [0.29, 0.717) is 29.6 Å². The van der Waals surface area contributed by atoms with Crippen LogP contribution >= 0.6 is 23.2 Å². The number of hydrogen-bond acceptors (Lipinski definition) is 5. The van der Waals surface area contributed by atoms with Gasteiger partial charge in [-0.25, -0.2) is 5.06 Å². The van der Waals surface area contributed by atoms with E-state index in [9.17, 15) is 9.59 Å². The number of Topliss-reactive ketones (excluding diaryl/α,β-unsaturated/α-hetero) is 1. The van der Waals surface area contributed by atoms with Gasteiger partial charge in [-0.3, -0.25) is 24.2 Å². The molecule has 1 amide bonds. The third kappa shape index (κ3) is 7.72. The molecule has 6 nitrogen and oxygen atoms in total. The van der Waals surface area contributed by atoms with Crippen LogP contribution in [0.15, 0.2) is 78.9 Å². The molecule has 0 bridgehead atoms. The Morgan fingerprint density at radius 3 is 2.16 bits per heavy atom. The van der Waals surface area contributed by atoms with Crippen LogP contribution in [0.25, 0.3) is 0 Å². The van der Waals surface area contributed by atoms with Crippen molar-refractivity contribution >= 4 is 35.4 Å². The highest BCUT2D eigenvalue weighted by molar-refractivity contribution is 6.42. The van der Waals surface area contributed by atoms with Gasteiger partial charge in [-0.1, -0.05) is 96.4 Å².